The largest absolute Gasteiger partial charge is 0.338 e. The van der Waals surface area contributed by atoms with Crippen LogP contribution in [-0.2, 0) is 0 Å². The van der Waals surface area contributed by atoms with Crippen LogP contribution in [0.1, 0.15) is 0 Å². The molecule has 0 amide bonds. The maximum Gasteiger partial charge on any atom is 0.155 e. The van der Waals surface area contributed by atoms with Gasteiger partial charge in [0.15, 0.2) is 11.3 Å². The lowest BCUT2D eigenvalue weighted by Gasteiger charge is -2.06. The van der Waals surface area contributed by atoms with E-state index >= 15 is 0 Å². The molecule has 0 aliphatic rings. The first-order valence-corrected chi connectivity index (χ1v) is 9.75. The van der Waals surface area contributed by atoms with Crippen molar-refractivity contribution in [2.75, 3.05) is 0 Å². The fourth-order valence-electron chi connectivity index (χ4n) is 4.11. The molecule has 0 radical (unpaired) electrons. The highest BCUT2D eigenvalue weighted by Crippen LogP contribution is 2.25. The molecule has 6 nitrogen and oxygen atoms in total. The molecule has 0 aliphatic carbocycles. The lowest BCUT2D eigenvalue weighted by Crippen LogP contribution is -1.92. The minimum Gasteiger partial charge on any atom is -0.338 e. The van der Waals surface area contributed by atoms with Gasteiger partial charge < -0.3 is 9.97 Å². The Balaban J connectivity index is 1.78. The van der Waals surface area contributed by atoms with Gasteiger partial charge in [0, 0.05) is 21.5 Å². The molecule has 5 aromatic heterocycles. The molecule has 2 N–H and O–H groups in total. The summed E-state index contributed by atoms with van der Waals surface area (Å²) in [5, 5.41) is 4.23. The van der Waals surface area contributed by atoms with Crippen molar-refractivity contribution in [3.8, 4) is 0 Å². The molecule has 0 spiro atoms. The van der Waals surface area contributed by atoms with E-state index in [4.69, 9.17) is 19.9 Å². The minimum absolute atomic E-state index is 0.646. The lowest BCUT2D eigenvalue weighted by atomic mass is 10.1. The average Bonchev–Trinajstić information content (AvgIpc) is 2.78. The van der Waals surface area contributed by atoms with Gasteiger partial charge in [-0.15, -0.1) is 0 Å². The third-order valence-electron chi connectivity index (χ3n) is 5.58. The predicted octanol–water partition coefficient (Wildman–Crippen LogP) is 5.40. The topological polar surface area (TPSA) is 83.1 Å². The van der Waals surface area contributed by atoms with Crippen LogP contribution in [0.25, 0.3) is 66.2 Å². The van der Waals surface area contributed by atoms with Gasteiger partial charge >= 0.3 is 0 Å². The number of aromatic nitrogens is 6. The zero-order chi connectivity index (χ0) is 19.7. The Labute approximate surface area is 169 Å². The first kappa shape index (κ1) is 15.6. The highest BCUT2D eigenvalue weighted by molar-refractivity contribution is 6.05. The van der Waals surface area contributed by atoms with E-state index in [0.717, 1.165) is 54.9 Å². The molecular formula is C24H14N6. The van der Waals surface area contributed by atoms with E-state index in [1.54, 1.807) is 0 Å². The first-order chi connectivity index (χ1) is 14.8. The van der Waals surface area contributed by atoms with Crippen LogP contribution in [0.15, 0.2) is 72.8 Å². The number of benzene rings is 2. The molecule has 140 valence electrons. The van der Waals surface area contributed by atoms with Gasteiger partial charge in [-0.25, -0.2) is 19.9 Å². The molecule has 7 aromatic rings. The van der Waals surface area contributed by atoms with Crippen molar-refractivity contribution in [3.05, 3.63) is 72.8 Å². The summed E-state index contributed by atoms with van der Waals surface area (Å²) in [5.74, 6) is 0. The molecule has 2 aromatic carbocycles. The molecule has 30 heavy (non-hydrogen) atoms. The van der Waals surface area contributed by atoms with Crippen LogP contribution < -0.4 is 0 Å². The van der Waals surface area contributed by atoms with Crippen molar-refractivity contribution < 1.29 is 0 Å². The Morgan fingerprint density at radius 2 is 0.800 bits per heavy atom. The van der Waals surface area contributed by atoms with Crippen LogP contribution in [0, 0.1) is 0 Å². The van der Waals surface area contributed by atoms with Gasteiger partial charge in [0.2, 0.25) is 0 Å². The number of H-pyrrole nitrogens is 2. The highest BCUT2D eigenvalue weighted by atomic mass is 14.9. The van der Waals surface area contributed by atoms with E-state index in [2.05, 4.69) is 46.4 Å². The van der Waals surface area contributed by atoms with Crippen molar-refractivity contribution in [1.82, 2.24) is 29.9 Å². The van der Waals surface area contributed by atoms with E-state index in [-0.39, 0.29) is 0 Å². The van der Waals surface area contributed by atoms with E-state index in [1.807, 2.05) is 36.4 Å². The molecule has 0 atom stereocenters. The van der Waals surface area contributed by atoms with E-state index < -0.39 is 0 Å². The summed E-state index contributed by atoms with van der Waals surface area (Å²) in [6.07, 6.45) is 0. The van der Waals surface area contributed by atoms with Crippen LogP contribution in [0.3, 0.4) is 0 Å². The maximum atomic E-state index is 4.84. The summed E-state index contributed by atoms with van der Waals surface area (Å²) in [5.41, 5.74) is 6.36. The van der Waals surface area contributed by atoms with Gasteiger partial charge in [-0.05, 0) is 48.5 Å². The van der Waals surface area contributed by atoms with Crippen LogP contribution in [0.5, 0.6) is 0 Å². The number of fused-ring (bicyclic) bond motifs is 4. The quantitative estimate of drug-likeness (QED) is 0.342. The van der Waals surface area contributed by atoms with Crippen molar-refractivity contribution in [2.45, 2.75) is 0 Å². The third-order valence-corrected chi connectivity index (χ3v) is 5.58. The molecule has 5 heterocycles. The average molecular weight is 386 g/mol. The van der Waals surface area contributed by atoms with Crippen LogP contribution in [0.2, 0.25) is 0 Å². The second-order valence-electron chi connectivity index (χ2n) is 7.45. The molecule has 0 saturated carbocycles. The maximum absolute atomic E-state index is 4.84. The molecule has 0 unspecified atom stereocenters. The summed E-state index contributed by atoms with van der Waals surface area (Å²) < 4.78 is 0. The van der Waals surface area contributed by atoms with Crippen LogP contribution >= 0.6 is 0 Å². The number of hydrogen-bond acceptors (Lipinski definition) is 4. The molecule has 0 saturated heterocycles. The number of nitrogens with zero attached hydrogens (tertiary/aromatic N) is 4. The summed E-state index contributed by atoms with van der Waals surface area (Å²) in [6, 6.07) is 24.3. The Morgan fingerprint density at radius 1 is 0.400 bits per heavy atom. The molecular weight excluding hydrogens is 372 g/mol. The SMILES string of the molecule is c1cc2ccc3ccc4nc5ccc6ccc7ccc(nc1nc2c3[nH]4)[nH]c7c6n5. The molecule has 0 fully saturated rings. The molecule has 0 aliphatic heterocycles. The van der Waals surface area contributed by atoms with Crippen molar-refractivity contribution in [1.29, 1.82) is 0 Å². The normalized spacial score (nSPS) is 12.0. The second-order valence-corrected chi connectivity index (χ2v) is 7.45. The highest BCUT2D eigenvalue weighted by Gasteiger charge is 2.06. The van der Waals surface area contributed by atoms with Gasteiger partial charge in [-0.3, -0.25) is 0 Å². The number of rotatable bonds is 0. The zero-order valence-corrected chi connectivity index (χ0v) is 15.7. The van der Waals surface area contributed by atoms with Crippen molar-refractivity contribution in [3.63, 3.8) is 0 Å². The van der Waals surface area contributed by atoms with Gasteiger partial charge in [0.05, 0.1) is 22.1 Å². The molecule has 8 bridgehead atoms. The van der Waals surface area contributed by atoms with Crippen molar-refractivity contribution >= 4 is 66.2 Å². The monoisotopic (exact) mass is 386 g/mol. The fraction of sp³-hybridized carbons (Fsp3) is 0. The number of aromatic amines is 2. The van der Waals surface area contributed by atoms with Gasteiger partial charge in [0.25, 0.3) is 0 Å². The second kappa shape index (κ2) is 5.61. The first-order valence-electron chi connectivity index (χ1n) is 9.75. The Hall–Kier alpha value is -4.32. The smallest absolute Gasteiger partial charge is 0.155 e. The summed E-state index contributed by atoms with van der Waals surface area (Å²) in [6.45, 7) is 0. The van der Waals surface area contributed by atoms with Gasteiger partial charge in [0.1, 0.15) is 11.3 Å². The summed E-state index contributed by atoms with van der Waals surface area (Å²) in [7, 11) is 0. The Kier molecular flexibility index (Phi) is 2.91. The Bertz CT molecular complexity index is 1550. The van der Waals surface area contributed by atoms with E-state index in [1.165, 1.54) is 0 Å². The van der Waals surface area contributed by atoms with Crippen LogP contribution in [-0.4, -0.2) is 29.9 Å². The van der Waals surface area contributed by atoms with E-state index in [0.29, 0.717) is 11.3 Å². The molecule has 6 heteroatoms. The number of pyridine rings is 4. The van der Waals surface area contributed by atoms with Crippen LogP contribution in [0.4, 0.5) is 0 Å². The van der Waals surface area contributed by atoms with Crippen molar-refractivity contribution in [2.24, 2.45) is 0 Å². The predicted molar refractivity (Wildman–Crippen MR) is 120 cm³/mol. The zero-order valence-electron chi connectivity index (χ0n) is 15.7. The Morgan fingerprint density at radius 3 is 1.30 bits per heavy atom. The third kappa shape index (κ3) is 2.24. The fourth-order valence-corrected chi connectivity index (χ4v) is 4.11. The van der Waals surface area contributed by atoms with Gasteiger partial charge in [-0.2, -0.15) is 0 Å². The van der Waals surface area contributed by atoms with Gasteiger partial charge in [-0.1, -0.05) is 24.3 Å². The number of nitrogens with one attached hydrogen (secondary N) is 2. The summed E-state index contributed by atoms with van der Waals surface area (Å²) >= 11 is 0. The standard InChI is InChI=1S/C24H14N6/c1-2-14-6-10-18-26-20-12-8-16-4-3-15-7-11-19(29-23(15)24(16)30-20)25-17-9-5-13(1)21(27-17)22(14)28-18/h1-12H,(H,25,27,29)(H,26,28,30). The van der Waals surface area contributed by atoms with E-state index in [9.17, 15) is 0 Å². The minimum atomic E-state index is 0.646. The molecule has 7 rings (SSSR count). The summed E-state index contributed by atoms with van der Waals surface area (Å²) in [4.78, 5) is 26.1. The lowest BCUT2D eigenvalue weighted by molar-refractivity contribution is 1.28. The number of hydrogen-bond donors (Lipinski definition) is 2.